The number of fused-ring (bicyclic) bond motifs is 1. The van der Waals surface area contributed by atoms with Gasteiger partial charge in [-0.15, -0.1) is 11.3 Å². The highest BCUT2D eigenvalue weighted by molar-refractivity contribution is 7.13. The van der Waals surface area contributed by atoms with Crippen molar-refractivity contribution in [1.29, 1.82) is 0 Å². The Kier molecular flexibility index (Phi) is 33.8. The van der Waals surface area contributed by atoms with Crippen LogP contribution in [0.5, 0.6) is 5.75 Å². The third-order valence-corrected chi connectivity index (χ3v) is 11.7. The lowest BCUT2D eigenvalue weighted by Gasteiger charge is -2.22. The molecule has 2 aromatic rings. The van der Waals surface area contributed by atoms with Gasteiger partial charge in [-0.1, -0.05) is 20.3 Å². The van der Waals surface area contributed by atoms with Crippen molar-refractivity contribution >= 4 is 46.8 Å². The minimum Gasteiger partial charge on any atom is -0.420 e. The number of aryl methyl sites for hydroxylation is 1. The van der Waals surface area contributed by atoms with Crippen LogP contribution in [0, 0.1) is 23.3 Å². The molecular formula is C50H78F4N6O13S. The standard InChI is InChI=1S/C50H78F4N6O13S/c1-4-13-60(14-5-2)49(64)36-30-43-40(59-44(55)31-36)32-37(74-43)10-8-7-9-12-57-50(56-6-3)58-34-41(61)42(62)35-72-29-28-71-27-26-70-25-24-69-23-22-68-21-20-67-19-18-66-17-16-65-15-11-45(63)73-48-46(53)38(51)33-39(52)47(48)54/h30,32-33,41-42,61-62H,4-29,31,34-35H2,1-3H3,(H2,55,59)(H2,56,57,58). The van der Waals surface area contributed by atoms with E-state index in [1.807, 2.05) is 17.9 Å². The maximum absolute atomic E-state index is 13.6. The van der Waals surface area contributed by atoms with Crippen LogP contribution in [-0.2, 0) is 53.9 Å². The highest BCUT2D eigenvalue weighted by Gasteiger charge is 2.24. The molecule has 420 valence electrons. The van der Waals surface area contributed by atoms with E-state index in [1.165, 1.54) is 4.88 Å². The minimum atomic E-state index is -1.80. The first-order valence-corrected chi connectivity index (χ1v) is 26.2. The summed E-state index contributed by atoms with van der Waals surface area (Å²) in [4.78, 5) is 38.2. The number of nitrogens with zero attached hydrogens (tertiary/aromatic N) is 3. The SMILES string of the molecule is CCCN(CCC)C(=O)C1=Cc2sc(CCCCCN/C(=N/CC)NCC(O)C(O)COCCOCCOCCOCCOCCOCCOCCOCCC(=O)Oc3c(F)c(F)cc(F)c3F)cc2N=C(N)C1. The Morgan fingerprint density at radius 2 is 1.26 bits per heavy atom. The second-order valence-corrected chi connectivity index (χ2v) is 17.8. The van der Waals surface area contributed by atoms with E-state index >= 15 is 0 Å². The Morgan fingerprint density at radius 1 is 0.730 bits per heavy atom. The summed E-state index contributed by atoms with van der Waals surface area (Å²) in [6, 6.07) is 2.10. The number of guanidine groups is 1. The number of ether oxygens (including phenoxy) is 9. The van der Waals surface area contributed by atoms with Crippen molar-refractivity contribution in [3.63, 3.8) is 0 Å². The normalized spacial score (nSPS) is 13.5. The number of rotatable bonds is 42. The number of aliphatic imine (C=N–C) groups is 2. The average Bonchev–Trinajstić information content (AvgIpc) is 3.68. The molecule has 0 fully saturated rings. The van der Waals surface area contributed by atoms with Crippen LogP contribution in [0.3, 0.4) is 0 Å². The first kappa shape index (κ1) is 63.9. The second kappa shape index (κ2) is 39.1. The average molecular weight is 1080 g/mol. The first-order valence-electron chi connectivity index (χ1n) is 25.4. The molecule has 3 rings (SSSR count). The summed E-state index contributed by atoms with van der Waals surface area (Å²) in [5.74, 6) is -8.49. The van der Waals surface area contributed by atoms with Gasteiger partial charge in [-0.3, -0.25) is 14.6 Å². The van der Waals surface area contributed by atoms with Gasteiger partial charge in [0.1, 0.15) is 11.9 Å². The molecule has 0 radical (unpaired) electrons. The van der Waals surface area contributed by atoms with Gasteiger partial charge in [0.05, 0.1) is 129 Å². The number of amidine groups is 1. The quantitative estimate of drug-likeness (QED) is 0.0114. The largest absolute Gasteiger partial charge is 0.420 e. The number of hydrogen-bond acceptors (Lipinski definition) is 17. The summed E-state index contributed by atoms with van der Waals surface area (Å²) in [7, 11) is 0. The van der Waals surface area contributed by atoms with Crippen molar-refractivity contribution in [2.75, 3.05) is 138 Å². The number of aliphatic hydroxyl groups is 2. The van der Waals surface area contributed by atoms with Gasteiger partial charge in [-0.25, -0.2) is 13.8 Å². The second-order valence-electron chi connectivity index (χ2n) is 16.7. The number of nitrogens with two attached hydrogens (primary N) is 1. The van der Waals surface area contributed by atoms with Gasteiger partial charge in [0.15, 0.2) is 17.6 Å². The zero-order valence-electron chi connectivity index (χ0n) is 43.1. The van der Waals surface area contributed by atoms with Crippen molar-refractivity contribution in [3.05, 3.63) is 50.7 Å². The van der Waals surface area contributed by atoms with Crippen LogP contribution >= 0.6 is 11.3 Å². The van der Waals surface area contributed by atoms with Gasteiger partial charge in [0, 0.05) is 55.7 Å². The molecule has 74 heavy (non-hydrogen) atoms. The maximum atomic E-state index is 13.6. The molecule has 1 amide bonds. The van der Waals surface area contributed by atoms with Gasteiger partial charge in [-0.05, 0) is 51.2 Å². The summed E-state index contributed by atoms with van der Waals surface area (Å²) >= 11 is 1.67. The highest BCUT2D eigenvalue weighted by Crippen LogP contribution is 2.35. The Morgan fingerprint density at radius 3 is 1.78 bits per heavy atom. The summed E-state index contributed by atoms with van der Waals surface area (Å²) in [6.07, 6.45) is 5.33. The minimum absolute atomic E-state index is 0.0136. The number of amides is 1. The van der Waals surface area contributed by atoms with E-state index in [0.29, 0.717) is 103 Å². The fraction of sp³-hybridized carbons (Fsp3) is 0.680. The van der Waals surface area contributed by atoms with Crippen LogP contribution in [0.4, 0.5) is 23.2 Å². The Hall–Kier alpha value is -4.34. The Bertz CT molecular complexity index is 1970. The number of nitrogens with one attached hydrogen (secondary N) is 2. The number of carbonyl (C=O) groups is 2. The number of benzene rings is 1. The number of hydrogen-bond donors (Lipinski definition) is 5. The Balaban J connectivity index is 1.07. The number of carbonyl (C=O) groups excluding carboxylic acids is 2. The predicted molar refractivity (Wildman–Crippen MR) is 272 cm³/mol. The monoisotopic (exact) mass is 1080 g/mol. The van der Waals surface area contributed by atoms with Crippen LogP contribution in [0.2, 0.25) is 0 Å². The Labute approximate surface area is 436 Å². The molecule has 24 heteroatoms. The lowest BCUT2D eigenvalue weighted by Crippen LogP contribution is -2.45. The number of unbranched alkanes of at least 4 members (excludes halogenated alkanes) is 2. The van der Waals surface area contributed by atoms with Gasteiger partial charge in [0.2, 0.25) is 23.3 Å². The third kappa shape index (κ3) is 26.4. The summed E-state index contributed by atoms with van der Waals surface area (Å²) in [6.45, 7) is 13.0. The zero-order valence-corrected chi connectivity index (χ0v) is 43.9. The van der Waals surface area contributed by atoms with E-state index in [2.05, 4.69) is 45.3 Å². The van der Waals surface area contributed by atoms with Crippen molar-refractivity contribution < 1.29 is 80.0 Å². The van der Waals surface area contributed by atoms with Crippen LogP contribution in [0.15, 0.2) is 27.7 Å². The van der Waals surface area contributed by atoms with E-state index in [4.69, 9.17) is 43.6 Å². The number of halogens is 4. The van der Waals surface area contributed by atoms with Gasteiger partial charge in [-0.2, -0.15) is 8.78 Å². The zero-order chi connectivity index (χ0) is 53.8. The topological polar surface area (TPSA) is 236 Å². The van der Waals surface area contributed by atoms with E-state index < -0.39 is 53.6 Å². The predicted octanol–water partition coefficient (Wildman–Crippen LogP) is 4.85. The maximum Gasteiger partial charge on any atom is 0.313 e. The lowest BCUT2D eigenvalue weighted by atomic mass is 10.1. The summed E-state index contributed by atoms with van der Waals surface area (Å²) in [5.41, 5.74) is 7.76. The van der Waals surface area contributed by atoms with Crippen molar-refractivity contribution in [2.24, 2.45) is 15.7 Å². The number of esters is 1. The molecule has 0 saturated carbocycles. The molecule has 1 aliphatic heterocycles. The van der Waals surface area contributed by atoms with Crippen molar-refractivity contribution in [3.8, 4) is 5.75 Å². The van der Waals surface area contributed by atoms with E-state index in [0.717, 1.165) is 62.2 Å². The molecule has 2 heterocycles. The molecule has 1 aromatic carbocycles. The molecule has 2 unspecified atom stereocenters. The highest BCUT2D eigenvalue weighted by atomic mass is 32.1. The smallest absolute Gasteiger partial charge is 0.313 e. The molecule has 1 aromatic heterocycles. The fourth-order valence-electron chi connectivity index (χ4n) is 6.85. The van der Waals surface area contributed by atoms with Gasteiger partial charge < -0.3 is 74.1 Å². The lowest BCUT2D eigenvalue weighted by molar-refractivity contribution is -0.136. The third-order valence-electron chi connectivity index (χ3n) is 10.5. The van der Waals surface area contributed by atoms with Crippen molar-refractivity contribution in [1.82, 2.24) is 15.5 Å². The van der Waals surface area contributed by atoms with Crippen LogP contribution in [0.1, 0.15) is 75.5 Å². The number of aliphatic hydroxyl groups excluding tert-OH is 2. The van der Waals surface area contributed by atoms with E-state index in [-0.39, 0.29) is 58.2 Å². The molecule has 0 aliphatic carbocycles. The van der Waals surface area contributed by atoms with E-state index in [1.54, 1.807) is 11.3 Å². The van der Waals surface area contributed by atoms with Crippen LogP contribution < -0.4 is 21.1 Å². The van der Waals surface area contributed by atoms with Crippen LogP contribution in [0.25, 0.3) is 6.08 Å². The number of thiophene rings is 1. The van der Waals surface area contributed by atoms with E-state index in [9.17, 15) is 37.4 Å². The molecule has 6 N–H and O–H groups in total. The molecule has 0 saturated heterocycles. The fourth-order valence-corrected chi connectivity index (χ4v) is 7.96. The molecule has 1 aliphatic rings. The molecule has 0 spiro atoms. The van der Waals surface area contributed by atoms with Gasteiger partial charge >= 0.3 is 5.97 Å². The summed E-state index contributed by atoms with van der Waals surface area (Å²) < 4.78 is 101. The molecule has 19 nitrogen and oxygen atoms in total. The van der Waals surface area contributed by atoms with Gasteiger partial charge in [0.25, 0.3) is 0 Å². The molecule has 2 atom stereocenters. The van der Waals surface area contributed by atoms with Crippen LogP contribution in [-0.4, -0.2) is 189 Å². The first-order chi connectivity index (χ1) is 35.9. The summed E-state index contributed by atoms with van der Waals surface area (Å²) in [5, 5.41) is 27.3. The molecule has 0 bridgehead atoms. The van der Waals surface area contributed by atoms with Crippen molar-refractivity contribution in [2.45, 2.75) is 84.3 Å². The molecular weight excluding hydrogens is 1000 g/mol.